The maximum atomic E-state index is 11.1. The molecule has 4 rings (SSSR count). The minimum absolute atomic E-state index is 0.306. The van der Waals surface area contributed by atoms with E-state index in [-0.39, 0.29) is 0 Å². The average Bonchev–Trinajstić information content (AvgIpc) is 2.73. The lowest BCUT2D eigenvalue weighted by Crippen LogP contribution is -1.99. The van der Waals surface area contributed by atoms with E-state index in [4.69, 9.17) is 9.84 Å². The predicted molar refractivity (Wildman–Crippen MR) is 109 cm³/mol. The Bertz CT molecular complexity index is 1120. The number of para-hydroxylation sites is 1. The number of fused-ring (bicyclic) bond motifs is 1. The number of pyridine rings is 1. The molecule has 0 aliphatic rings. The first-order chi connectivity index (χ1) is 13.7. The van der Waals surface area contributed by atoms with Crippen molar-refractivity contribution < 1.29 is 14.6 Å². The van der Waals surface area contributed by atoms with Crippen molar-refractivity contribution in [1.82, 2.24) is 4.98 Å². The highest BCUT2D eigenvalue weighted by atomic mass is 16.5. The number of hydrogen-bond acceptors (Lipinski definition) is 3. The third-order valence-electron chi connectivity index (χ3n) is 4.55. The van der Waals surface area contributed by atoms with E-state index in [0.717, 1.165) is 33.5 Å². The predicted octanol–water partition coefficient (Wildman–Crippen LogP) is 5.10. The second kappa shape index (κ2) is 7.92. The smallest absolute Gasteiger partial charge is 0.335 e. The van der Waals surface area contributed by atoms with Crippen LogP contribution in [-0.2, 0) is 13.0 Å². The molecular formula is C24H19NO3. The molecule has 0 spiro atoms. The minimum Gasteiger partial charge on any atom is -0.487 e. The first-order valence-electron chi connectivity index (χ1n) is 9.06. The Labute approximate surface area is 163 Å². The summed E-state index contributed by atoms with van der Waals surface area (Å²) in [6, 6.07) is 26.9. The van der Waals surface area contributed by atoms with Gasteiger partial charge in [0.15, 0.2) is 0 Å². The normalized spacial score (nSPS) is 10.7. The fourth-order valence-corrected chi connectivity index (χ4v) is 3.10. The van der Waals surface area contributed by atoms with Crippen molar-refractivity contribution in [3.8, 4) is 5.75 Å². The molecule has 4 nitrogen and oxygen atoms in total. The Balaban J connectivity index is 1.40. The van der Waals surface area contributed by atoms with Crippen LogP contribution >= 0.6 is 0 Å². The van der Waals surface area contributed by atoms with Gasteiger partial charge in [-0.15, -0.1) is 0 Å². The van der Waals surface area contributed by atoms with Gasteiger partial charge in [0.25, 0.3) is 0 Å². The number of benzene rings is 3. The lowest BCUT2D eigenvalue weighted by Gasteiger charge is -2.08. The highest BCUT2D eigenvalue weighted by molar-refractivity contribution is 5.87. The van der Waals surface area contributed by atoms with E-state index in [2.05, 4.69) is 11.1 Å². The lowest BCUT2D eigenvalue weighted by molar-refractivity contribution is 0.0696. The van der Waals surface area contributed by atoms with Crippen LogP contribution in [0.5, 0.6) is 5.75 Å². The molecule has 138 valence electrons. The van der Waals surface area contributed by atoms with E-state index in [1.807, 2.05) is 60.7 Å². The van der Waals surface area contributed by atoms with Crippen molar-refractivity contribution in [2.45, 2.75) is 13.0 Å². The Hall–Kier alpha value is -3.66. The monoisotopic (exact) mass is 369 g/mol. The quantitative estimate of drug-likeness (QED) is 0.513. The minimum atomic E-state index is -0.909. The van der Waals surface area contributed by atoms with Gasteiger partial charge in [-0.3, -0.25) is 0 Å². The van der Waals surface area contributed by atoms with Crippen molar-refractivity contribution >= 4 is 16.9 Å². The molecule has 0 fully saturated rings. The number of nitrogens with zero attached hydrogens (tertiary/aromatic N) is 1. The van der Waals surface area contributed by atoms with Crippen LogP contribution in [0.4, 0.5) is 0 Å². The van der Waals surface area contributed by atoms with Gasteiger partial charge in [0.2, 0.25) is 0 Å². The van der Waals surface area contributed by atoms with E-state index < -0.39 is 5.97 Å². The molecule has 0 saturated carbocycles. The summed E-state index contributed by atoms with van der Waals surface area (Å²) in [5, 5.41) is 10.2. The molecule has 1 heterocycles. The Morgan fingerprint density at radius 1 is 0.857 bits per heavy atom. The third-order valence-corrected chi connectivity index (χ3v) is 4.55. The van der Waals surface area contributed by atoms with Gasteiger partial charge < -0.3 is 9.84 Å². The average molecular weight is 369 g/mol. The lowest BCUT2D eigenvalue weighted by atomic mass is 10.0. The molecule has 1 N–H and O–H groups in total. The van der Waals surface area contributed by atoms with Crippen LogP contribution < -0.4 is 4.74 Å². The molecule has 4 heteroatoms. The molecule has 0 amide bonds. The van der Waals surface area contributed by atoms with Gasteiger partial charge in [-0.05, 0) is 53.9 Å². The summed E-state index contributed by atoms with van der Waals surface area (Å²) in [5.41, 5.74) is 4.21. The standard InChI is InChI=1S/C24H19NO3/c26-24(27)20-6-3-4-18(15-20)14-17-8-12-22(13-9-17)28-16-21-11-10-19-5-1-2-7-23(19)25-21/h1-13,15H,14,16H2,(H,26,27). The van der Waals surface area contributed by atoms with E-state index in [1.165, 1.54) is 0 Å². The van der Waals surface area contributed by atoms with Crippen LogP contribution in [0, 0.1) is 0 Å². The molecule has 0 bridgehead atoms. The maximum Gasteiger partial charge on any atom is 0.335 e. The van der Waals surface area contributed by atoms with Crippen molar-refractivity contribution in [2.24, 2.45) is 0 Å². The number of carboxylic acid groups (broad SMARTS) is 1. The number of aromatic nitrogens is 1. The summed E-state index contributed by atoms with van der Waals surface area (Å²) in [4.78, 5) is 15.7. The van der Waals surface area contributed by atoms with Gasteiger partial charge in [-0.25, -0.2) is 9.78 Å². The SMILES string of the molecule is O=C(O)c1cccc(Cc2ccc(OCc3ccc4ccccc4n3)cc2)c1. The van der Waals surface area contributed by atoms with E-state index in [9.17, 15) is 4.79 Å². The van der Waals surface area contributed by atoms with Gasteiger partial charge in [0, 0.05) is 5.39 Å². The largest absolute Gasteiger partial charge is 0.487 e. The van der Waals surface area contributed by atoms with Crippen molar-refractivity contribution in [3.63, 3.8) is 0 Å². The highest BCUT2D eigenvalue weighted by Crippen LogP contribution is 2.18. The van der Waals surface area contributed by atoms with Crippen LogP contribution in [0.2, 0.25) is 0 Å². The molecule has 0 aliphatic carbocycles. The van der Waals surface area contributed by atoms with Crippen LogP contribution in [-0.4, -0.2) is 16.1 Å². The Kier molecular flexibility index (Phi) is 5.02. The van der Waals surface area contributed by atoms with E-state index in [0.29, 0.717) is 18.6 Å². The number of aromatic carboxylic acids is 1. The second-order valence-electron chi connectivity index (χ2n) is 6.61. The van der Waals surface area contributed by atoms with Gasteiger partial charge in [-0.1, -0.05) is 48.5 Å². The van der Waals surface area contributed by atoms with Crippen LogP contribution in [0.1, 0.15) is 27.2 Å². The molecule has 3 aromatic carbocycles. The van der Waals surface area contributed by atoms with Gasteiger partial charge in [-0.2, -0.15) is 0 Å². The fraction of sp³-hybridized carbons (Fsp3) is 0.0833. The van der Waals surface area contributed by atoms with Gasteiger partial charge in [0.05, 0.1) is 16.8 Å². The summed E-state index contributed by atoms with van der Waals surface area (Å²) in [6.45, 7) is 0.408. The van der Waals surface area contributed by atoms with Gasteiger partial charge in [0.1, 0.15) is 12.4 Å². The number of carboxylic acids is 1. The fourth-order valence-electron chi connectivity index (χ4n) is 3.10. The summed E-state index contributed by atoms with van der Waals surface area (Å²) in [5.74, 6) is -0.133. The van der Waals surface area contributed by atoms with Crippen molar-refractivity contribution in [1.29, 1.82) is 0 Å². The third kappa shape index (κ3) is 4.18. The summed E-state index contributed by atoms with van der Waals surface area (Å²) in [7, 11) is 0. The molecule has 0 saturated heterocycles. The zero-order valence-corrected chi connectivity index (χ0v) is 15.2. The molecule has 1 aromatic heterocycles. The van der Waals surface area contributed by atoms with E-state index in [1.54, 1.807) is 18.2 Å². The molecular weight excluding hydrogens is 350 g/mol. The Morgan fingerprint density at radius 3 is 2.50 bits per heavy atom. The molecule has 0 aliphatic heterocycles. The summed E-state index contributed by atoms with van der Waals surface area (Å²) >= 11 is 0. The number of hydrogen-bond donors (Lipinski definition) is 1. The summed E-state index contributed by atoms with van der Waals surface area (Å²) < 4.78 is 5.86. The number of rotatable bonds is 6. The first-order valence-corrected chi connectivity index (χ1v) is 9.06. The molecule has 0 atom stereocenters. The molecule has 4 aromatic rings. The van der Waals surface area contributed by atoms with Crippen LogP contribution in [0.3, 0.4) is 0 Å². The zero-order chi connectivity index (χ0) is 19.3. The topological polar surface area (TPSA) is 59.4 Å². The zero-order valence-electron chi connectivity index (χ0n) is 15.2. The number of ether oxygens (including phenoxy) is 1. The summed E-state index contributed by atoms with van der Waals surface area (Å²) in [6.07, 6.45) is 0.674. The van der Waals surface area contributed by atoms with E-state index >= 15 is 0 Å². The molecule has 0 radical (unpaired) electrons. The second-order valence-corrected chi connectivity index (χ2v) is 6.61. The maximum absolute atomic E-state index is 11.1. The van der Waals surface area contributed by atoms with Crippen LogP contribution in [0.15, 0.2) is 84.9 Å². The van der Waals surface area contributed by atoms with Gasteiger partial charge >= 0.3 is 5.97 Å². The first kappa shape index (κ1) is 17.7. The molecule has 28 heavy (non-hydrogen) atoms. The molecule has 0 unspecified atom stereocenters. The van der Waals surface area contributed by atoms with Crippen molar-refractivity contribution in [3.05, 3.63) is 107 Å². The Morgan fingerprint density at radius 2 is 1.68 bits per heavy atom. The van der Waals surface area contributed by atoms with Crippen LogP contribution in [0.25, 0.3) is 10.9 Å². The highest BCUT2D eigenvalue weighted by Gasteiger charge is 2.05. The van der Waals surface area contributed by atoms with Crippen molar-refractivity contribution in [2.75, 3.05) is 0 Å². The number of carbonyl (C=O) groups is 1.